The molecule has 3 aromatic rings. The van der Waals surface area contributed by atoms with Crippen molar-refractivity contribution < 1.29 is 23.5 Å². The van der Waals surface area contributed by atoms with Crippen LogP contribution in [0.15, 0.2) is 42.5 Å². The number of nitrogens with zero attached hydrogens (tertiary/aromatic N) is 3. The van der Waals surface area contributed by atoms with E-state index < -0.39 is 6.04 Å². The number of fused-ring (bicyclic) bond motifs is 1. The molecule has 2 aromatic carbocycles. The molecule has 2 aliphatic heterocycles. The van der Waals surface area contributed by atoms with Crippen LogP contribution in [0.25, 0.3) is 10.6 Å². The molecule has 8 nitrogen and oxygen atoms in total. The van der Waals surface area contributed by atoms with Gasteiger partial charge in [0.15, 0.2) is 11.5 Å². The zero-order valence-corrected chi connectivity index (χ0v) is 17.0. The first-order valence-corrected chi connectivity index (χ1v) is 10.5. The largest absolute Gasteiger partial charge is 0.454 e. The van der Waals surface area contributed by atoms with Crippen molar-refractivity contribution in [3.8, 4) is 22.1 Å². The number of anilines is 1. The van der Waals surface area contributed by atoms with E-state index in [1.165, 1.54) is 23.5 Å². The van der Waals surface area contributed by atoms with Gasteiger partial charge in [-0.05, 0) is 48.4 Å². The van der Waals surface area contributed by atoms with Gasteiger partial charge in [-0.15, -0.1) is 10.2 Å². The van der Waals surface area contributed by atoms with Crippen molar-refractivity contribution in [3.63, 3.8) is 0 Å². The lowest BCUT2D eigenvalue weighted by molar-refractivity contribution is -0.133. The fraction of sp³-hybridized carbons (Fsp3) is 0.238. The number of aromatic nitrogens is 2. The van der Waals surface area contributed by atoms with Crippen molar-refractivity contribution in [1.82, 2.24) is 15.1 Å². The van der Waals surface area contributed by atoms with Crippen molar-refractivity contribution in [3.05, 3.63) is 53.8 Å². The van der Waals surface area contributed by atoms with Crippen LogP contribution in [0.5, 0.6) is 11.5 Å². The third-order valence-corrected chi connectivity index (χ3v) is 6.05. The summed E-state index contributed by atoms with van der Waals surface area (Å²) in [6, 6.07) is 10.8. The summed E-state index contributed by atoms with van der Waals surface area (Å²) in [6.07, 6.45) is 0.735. The van der Waals surface area contributed by atoms with Gasteiger partial charge < -0.3 is 14.4 Å². The number of ether oxygens (including phenoxy) is 2. The molecule has 158 valence electrons. The Bertz CT molecular complexity index is 1150. The molecule has 1 atom stereocenters. The minimum absolute atomic E-state index is 0.0814. The van der Waals surface area contributed by atoms with Crippen molar-refractivity contribution in [2.75, 3.05) is 12.1 Å². The number of hydrogen-bond acceptors (Lipinski definition) is 7. The van der Waals surface area contributed by atoms with E-state index in [9.17, 15) is 14.0 Å². The molecule has 0 radical (unpaired) electrons. The smallest absolute Gasteiger partial charge is 0.249 e. The fourth-order valence-electron chi connectivity index (χ4n) is 3.61. The number of carbonyl (C=O) groups is 2. The molecule has 0 saturated carbocycles. The second kappa shape index (κ2) is 7.95. The molecule has 1 N–H and O–H groups in total. The average molecular weight is 440 g/mol. The Hall–Kier alpha value is -3.53. The predicted molar refractivity (Wildman–Crippen MR) is 110 cm³/mol. The molecule has 3 heterocycles. The standard InChI is InChI=1S/C21H17FN4O4S/c22-14-4-2-13(3-5-14)20-24-25-21(31-20)23-19(28)15-6-8-18(27)26(15)10-12-1-7-16-17(9-12)30-11-29-16/h1-5,7,9,15H,6,8,10-11H2,(H,23,25,28). The number of nitrogens with one attached hydrogen (secondary N) is 1. The summed E-state index contributed by atoms with van der Waals surface area (Å²) in [5, 5.41) is 11.7. The summed E-state index contributed by atoms with van der Waals surface area (Å²) in [4.78, 5) is 26.9. The lowest BCUT2D eigenvalue weighted by Crippen LogP contribution is -2.41. The molecule has 31 heavy (non-hydrogen) atoms. The summed E-state index contributed by atoms with van der Waals surface area (Å²) < 4.78 is 23.8. The second-order valence-corrected chi connectivity index (χ2v) is 8.15. The van der Waals surface area contributed by atoms with Crippen LogP contribution in [0.1, 0.15) is 18.4 Å². The lowest BCUT2D eigenvalue weighted by atomic mass is 10.1. The maximum atomic E-state index is 13.1. The molecule has 0 bridgehead atoms. The Kier molecular flexibility index (Phi) is 4.99. The van der Waals surface area contributed by atoms with Gasteiger partial charge in [-0.1, -0.05) is 17.4 Å². The zero-order chi connectivity index (χ0) is 21.4. The van der Waals surface area contributed by atoms with Gasteiger partial charge in [0.25, 0.3) is 0 Å². The van der Waals surface area contributed by atoms with Crippen LogP contribution in [0.2, 0.25) is 0 Å². The van der Waals surface area contributed by atoms with Gasteiger partial charge >= 0.3 is 0 Å². The topological polar surface area (TPSA) is 93.7 Å². The lowest BCUT2D eigenvalue weighted by Gasteiger charge is -2.23. The monoisotopic (exact) mass is 440 g/mol. The van der Waals surface area contributed by atoms with Crippen molar-refractivity contribution >= 4 is 28.3 Å². The van der Waals surface area contributed by atoms with Gasteiger partial charge in [0.1, 0.15) is 16.9 Å². The van der Waals surface area contributed by atoms with Crippen LogP contribution >= 0.6 is 11.3 Å². The van der Waals surface area contributed by atoms with Gasteiger partial charge in [0.2, 0.25) is 23.7 Å². The number of hydrogen-bond donors (Lipinski definition) is 1. The zero-order valence-electron chi connectivity index (χ0n) is 16.2. The summed E-state index contributed by atoms with van der Waals surface area (Å²) in [5.41, 5.74) is 1.56. The van der Waals surface area contributed by atoms with Gasteiger partial charge in [0, 0.05) is 18.5 Å². The average Bonchev–Trinajstić information content (AvgIpc) is 3.49. The van der Waals surface area contributed by atoms with E-state index in [1.54, 1.807) is 23.1 Å². The Balaban J connectivity index is 1.28. The summed E-state index contributed by atoms with van der Waals surface area (Å²) >= 11 is 1.19. The fourth-order valence-corrected chi connectivity index (χ4v) is 4.36. The molecule has 2 amide bonds. The third kappa shape index (κ3) is 3.93. The highest BCUT2D eigenvalue weighted by Crippen LogP contribution is 2.34. The Morgan fingerprint density at radius 1 is 1.16 bits per heavy atom. The maximum absolute atomic E-state index is 13.1. The summed E-state index contributed by atoms with van der Waals surface area (Å²) in [5.74, 6) is 0.567. The molecule has 2 aliphatic rings. The molecule has 1 aromatic heterocycles. The minimum atomic E-state index is -0.601. The SMILES string of the molecule is O=C(Nc1nnc(-c2ccc(F)cc2)s1)C1CCC(=O)N1Cc1ccc2c(c1)OCO2. The van der Waals surface area contributed by atoms with Crippen LogP contribution in [-0.4, -0.2) is 39.7 Å². The number of carbonyl (C=O) groups excluding carboxylic acids is 2. The number of likely N-dealkylation sites (tertiary alicyclic amines) is 1. The van der Waals surface area contributed by atoms with Crippen LogP contribution in [0.3, 0.4) is 0 Å². The van der Waals surface area contributed by atoms with Crippen LogP contribution in [0.4, 0.5) is 9.52 Å². The third-order valence-electron chi connectivity index (χ3n) is 5.17. The van der Waals surface area contributed by atoms with E-state index in [2.05, 4.69) is 15.5 Å². The first-order valence-electron chi connectivity index (χ1n) is 9.65. The molecule has 1 unspecified atom stereocenters. The highest BCUT2D eigenvalue weighted by Gasteiger charge is 2.36. The molecule has 1 fully saturated rings. The Morgan fingerprint density at radius 3 is 2.81 bits per heavy atom. The highest BCUT2D eigenvalue weighted by atomic mass is 32.1. The number of amides is 2. The van der Waals surface area contributed by atoms with E-state index in [0.717, 1.165) is 5.56 Å². The number of benzene rings is 2. The predicted octanol–water partition coefficient (Wildman–Crippen LogP) is 3.20. The molecule has 1 saturated heterocycles. The number of halogens is 1. The van der Waals surface area contributed by atoms with E-state index >= 15 is 0 Å². The number of rotatable bonds is 5. The van der Waals surface area contributed by atoms with E-state index in [1.807, 2.05) is 12.1 Å². The van der Waals surface area contributed by atoms with E-state index in [-0.39, 0.29) is 24.4 Å². The van der Waals surface area contributed by atoms with Gasteiger partial charge in [-0.2, -0.15) is 0 Å². The molecular weight excluding hydrogens is 423 g/mol. The Morgan fingerprint density at radius 2 is 1.97 bits per heavy atom. The Labute approximate surface area is 180 Å². The first-order chi connectivity index (χ1) is 15.1. The van der Waals surface area contributed by atoms with E-state index in [0.29, 0.717) is 46.6 Å². The molecular formula is C21H17FN4O4S. The molecule has 0 spiro atoms. The van der Waals surface area contributed by atoms with Crippen molar-refractivity contribution in [1.29, 1.82) is 0 Å². The van der Waals surface area contributed by atoms with Gasteiger partial charge in [-0.25, -0.2) is 4.39 Å². The normalized spacial score (nSPS) is 17.3. The maximum Gasteiger partial charge on any atom is 0.249 e. The summed E-state index contributed by atoms with van der Waals surface area (Å²) in [7, 11) is 0. The quantitative estimate of drug-likeness (QED) is 0.655. The van der Waals surface area contributed by atoms with Crippen LogP contribution in [-0.2, 0) is 16.1 Å². The van der Waals surface area contributed by atoms with Crippen molar-refractivity contribution in [2.45, 2.75) is 25.4 Å². The first kappa shape index (κ1) is 19.4. The van der Waals surface area contributed by atoms with Gasteiger partial charge in [-0.3, -0.25) is 14.9 Å². The van der Waals surface area contributed by atoms with Crippen LogP contribution < -0.4 is 14.8 Å². The van der Waals surface area contributed by atoms with E-state index in [4.69, 9.17) is 9.47 Å². The molecule has 5 rings (SSSR count). The molecule has 0 aliphatic carbocycles. The van der Waals surface area contributed by atoms with Crippen molar-refractivity contribution in [2.24, 2.45) is 0 Å². The van der Waals surface area contributed by atoms with Gasteiger partial charge in [0.05, 0.1) is 0 Å². The minimum Gasteiger partial charge on any atom is -0.454 e. The highest BCUT2D eigenvalue weighted by molar-refractivity contribution is 7.18. The second-order valence-electron chi connectivity index (χ2n) is 7.17. The van der Waals surface area contributed by atoms with Crippen LogP contribution in [0, 0.1) is 5.82 Å². The molecule has 10 heteroatoms. The summed E-state index contributed by atoms with van der Waals surface area (Å²) in [6.45, 7) is 0.471.